The van der Waals surface area contributed by atoms with E-state index in [1.54, 1.807) is 12.1 Å². The molecular formula is C20H16F2N2O3S. The molecule has 0 saturated carbocycles. The van der Waals surface area contributed by atoms with Crippen molar-refractivity contribution in [2.24, 2.45) is 0 Å². The summed E-state index contributed by atoms with van der Waals surface area (Å²) in [5, 5.41) is 2.07. The van der Waals surface area contributed by atoms with Crippen LogP contribution in [0.3, 0.4) is 0 Å². The van der Waals surface area contributed by atoms with E-state index in [0.29, 0.717) is 0 Å². The maximum absolute atomic E-state index is 13.7. The van der Waals surface area contributed by atoms with Crippen molar-refractivity contribution in [3.8, 4) is 0 Å². The zero-order valence-corrected chi connectivity index (χ0v) is 15.5. The number of nitrogens with zero attached hydrogens (tertiary/aromatic N) is 1. The van der Waals surface area contributed by atoms with Crippen molar-refractivity contribution in [1.29, 1.82) is 0 Å². The minimum Gasteiger partial charge on any atom is -0.354 e. The SMILES string of the molecule is O=C(Cc1ccccc1F)NCCN1C(=O)SC(=Cc2ccccc2F)C1=O. The number of benzene rings is 2. The predicted octanol–water partition coefficient (Wildman–Crippen LogP) is 3.36. The molecule has 0 radical (unpaired) electrons. The monoisotopic (exact) mass is 402 g/mol. The molecular weight excluding hydrogens is 386 g/mol. The van der Waals surface area contributed by atoms with Crippen molar-refractivity contribution in [2.45, 2.75) is 6.42 Å². The van der Waals surface area contributed by atoms with Crippen molar-refractivity contribution >= 4 is 34.9 Å². The van der Waals surface area contributed by atoms with Crippen LogP contribution in [0.15, 0.2) is 53.4 Å². The van der Waals surface area contributed by atoms with Gasteiger partial charge in [0.2, 0.25) is 5.91 Å². The van der Waals surface area contributed by atoms with Gasteiger partial charge < -0.3 is 5.32 Å². The van der Waals surface area contributed by atoms with E-state index in [1.807, 2.05) is 0 Å². The highest BCUT2D eigenvalue weighted by Crippen LogP contribution is 2.32. The molecule has 0 bridgehead atoms. The second-order valence-corrected chi connectivity index (χ2v) is 6.97. The summed E-state index contributed by atoms with van der Waals surface area (Å²) in [7, 11) is 0. The molecule has 0 spiro atoms. The molecule has 1 N–H and O–H groups in total. The number of rotatable bonds is 6. The number of nitrogens with one attached hydrogen (secondary N) is 1. The van der Waals surface area contributed by atoms with E-state index in [9.17, 15) is 23.2 Å². The highest BCUT2D eigenvalue weighted by molar-refractivity contribution is 8.18. The van der Waals surface area contributed by atoms with E-state index in [2.05, 4.69) is 5.32 Å². The van der Waals surface area contributed by atoms with Gasteiger partial charge in [0.05, 0.1) is 11.3 Å². The summed E-state index contributed by atoms with van der Waals surface area (Å²) >= 11 is 0.718. The van der Waals surface area contributed by atoms with Gasteiger partial charge >= 0.3 is 0 Å². The third-order valence-electron chi connectivity index (χ3n) is 4.03. The molecule has 3 amide bonds. The Morgan fingerprint density at radius 2 is 1.71 bits per heavy atom. The van der Waals surface area contributed by atoms with E-state index in [0.717, 1.165) is 16.7 Å². The number of thioether (sulfide) groups is 1. The van der Waals surface area contributed by atoms with Crippen LogP contribution in [0, 0.1) is 11.6 Å². The van der Waals surface area contributed by atoms with Gasteiger partial charge in [0.1, 0.15) is 11.6 Å². The highest BCUT2D eigenvalue weighted by Gasteiger charge is 2.34. The Hall–Kier alpha value is -3.00. The third-order valence-corrected chi connectivity index (χ3v) is 4.94. The number of carbonyl (C=O) groups excluding carboxylic acids is 3. The summed E-state index contributed by atoms with van der Waals surface area (Å²) in [6.45, 7) is 0.0145. The molecule has 1 heterocycles. The van der Waals surface area contributed by atoms with Crippen LogP contribution in [-0.2, 0) is 16.0 Å². The zero-order valence-electron chi connectivity index (χ0n) is 14.7. The average Bonchev–Trinajstić information content (AvgIpc) is 2.93. The van der Waals surface area contributed by atoms with Gasteiger partial charge in [0.15, 0.2) is 0 Å². The van der Waals surface area contributed by atoms with Gasteiger partial charge in [-0.05, 0) is 35.5 Å². The fourth-order valence-corrected chi connectivity index (χ4v) is 3.47. The van der Waals surface area contributed by atoms with Crippen LogP contribution in [0.5, 0.6) is 0 Å². The molecule has 144 valence electrons. The summed E-state index contributed by atoms with van der Waals surface area (Å²) in [6.07, 6.45) is 1.19. The molecule has 0 aliphatic carbocycles. The molecule has 3 rings (SSSR count). The Morgan fingerprint density at radius 1 is 1.04 bits per heavy atom. The Labute approximate surface area is 164 Å². The van der Waals surface area contributed by atoms with Crippen LogP contribution in [0.1, 0.15) is 11.1 Å². The molecule has 1 aliphatic rings. The lowest BCUT2D eigenvalue weighted by atomic mass is 10.1. The quantitative estimate of drug-likeness (QED) is 0.753. The van der Waals surface area contributed by atoms with Gasteiger partial charge in [-0.3, -0.25) is 19.3 Å². The second-order valence-electron chi connectivity index (χ2n) is 5.97. The molecule has 1 aliphatic heterocycles. The van der Waals surface area contributed by atoms with Crippen LogP contribution < -0.4 is 5.32 Å². The lowest BCUT2D eigenvalue weighted by Crippen LogP contribution is -2.37. The van der Waals surface area contributed by atoms with Gasteiger partial charge in [-0.1, -0.05) is 36.4 Å². The van der Waals surface area contributed by atoms with Gasteiger partial charge in [-0.15, -0.1) is 0 Å². The Balaban J connectivity index is 1.56. The van der Waals surface area contributed by atoms with Crippen LogP contribution in [-0.4, -0.2) is 35.0 Å². The lowest BCUT2D eigenvalue weighted by molar-refractivity contribution is -0.124. The Kier molecular flexibility index (Phi) is 6.20. The topological polar surface area (TPSA) is 66.5 Å². The smallest absolute Gasteiger partial charge is 0.293 e. The molecule has 8 heteroatoms. The lowest BCUT2D eigenvalue weighted by Gasteiger charge is -2.13. The van der Waals surface area contributed by atoms with E-state index in [4.69, 9.17) is 0 Å². The number of amides is 3. The van der Waals surface area contributed by atoms with Crippen LogP contribution >= 0.6 is 11.8 Å². The van der Waals surface area contributed by atoms with Crippen LogP contribution in [0.2, 0.25) is 0 Å². The Bertz CT molecular complexity index is 962. The summed E-state index contributed by atoms with van der Waals surface area (Å²) in [5.74, 6) is -1.92. The van der Waals surface area contributed by atoms with E-state index >= 15 is 0 Å². The maximum Gasteiger partial charge on any atom is 0.293 e. The first-order valence-electron chi connectivity index (χ1n) is 8.45. The third kappa shape index (κ3) is 4.64. The largest absolute Gasteiger partial charge is 0.354 e. The predicted molar refractivity (Wildman–Crippen MR) is 102 cm³/mol. The molecule has 0 aromatic heterocycles. The van der Waals surface area contributed by atoms with E-state index in [1.165, 1.54) is 42.5 Å². The van der Waals surface area contributed by atoms with Crippen molar-refractivity contribution in [3.63, 3.8) is 0 Å². The molecule has 2 aromatic rings. The minimum absolute atomic E-state index is 0.0255. The maximum atomic E-state index is 13.7. The number of carbonyl (C=O) groups is 3. The minimum atomic E-state index is -0.540. The molecule has 0 atom stereocenters. The molecule has 1 saturated heterocycles. The van der Waals surface area contributed by atoms with Gasteiger partial charge in [0.25, 0.3) is 11.1 Å². The molecule has 0 unspecified atom stereocenters. The fraction of sp³-hybridized carbons (Fsp3) is 0.150. The normalized spacial score (nSPS) is 15.4. The van der Waals surface area contributed by atoms with Crippen molar-refractivity contribution in [2.75, 3.05) is 13.1 Å². The molecule has 5 nitrogen and oxygen atoms in total. The molecule has 2 aromatic carbocycles. The number of imide groups is 1. The first-order chi connectivity index (χ1) is 13.5. The summed E-state index contributed by atoms with van der Waals surface area (Å²) < 4.78 is 27.3. The number of hydrogen-bond acceptors (Lipinski definition) is 4. The van der Waals surface area contributed by atoms with Crippen LogP contribution in [0.25, 0.3) is 6.08 Å². The van der Waals surface area contributed by atoms with E-state index in [-0.39, 0.29) is 35.5 Å². The van der Waals surface area contributed by atoms with Crippen molar-refractivity contribution in [3.05, 3.63) is 76.2 Å². The highest BCUT2D eigenvalue weighted by atomic mass is 32.2. The van der Waals surface area contributed by atoms with Gasteiger partial charge in [0, 0.05) is 18.7 Å². The van der Waals surface area contributed by atoms with Crippen molar-refractivity contribution < 1.29 is 23.2 Å². The summed E-state index contributed by atoms with van der Waals surface area (Å²) in [6, 6.07) is 11.9. The molecule has 1 fully saturated rings. The second kappa shape index (κ2) is 8.79. The van der Waals surface area contributed by atoms with Gasteiger partial charge in [-0.25, -0.2) is 8.78 Å². The average molecular weight is 402 g/mol. The zero-order chi connectivity index (χ0) is 20.1. The number of halogens is 2. The van der Waals surface area contributed by atoms with E-state index < -0.39 is 28.7 Å². The Morgan fingerprint density at radius 3 is 2.43 bits per heavy atom. The van der Waals surface area contributed by atoms with Gasteiger partial charge in [-0.2, -0.15) is 0 Å². The van der Waals surface area contributed by atoms with Crippen LogP contribution in [0.4, 0.5) is 13.6 Å². The number of hydrogen-bond donors (Lipinski definition) is 1. The van der Waals surface area contributed by atoms with Crippen molar-refractivity contribution in [1.82, 2.24) is 10.2 Å². The molecule has 28 heavy (non-hydrogen) atoms. The summed E-state index contributed by atoms with van der Waals surface area (Å²) in [5.41, 5.74) is 0.477. The first kappa shape index (κ1) is 19.8. The fourth-order valence-electron chi connectivity index (χ4n) is 2.61. The first-order valence-corrected chi connectivity index (χ1v) is 9.27. The standard InChI is InChI=1S/C20H16F2N2O3S/c21-15-7-3-1-5-13(15)11-17-19(26)24(20(27)28-17)10-9-23-18(25)12-14-6-2-4-8-16(14)22/h1-8,11H,9-10,12H2,(H,23,25). The summed E-state index contributed by atoms with van der Waals surface area (Å²) in [4.78, 5) is 37.5.